The van der Waals surface area contributed by atoms with E-state index in [-0.39, 0.29) is 0 Å². The monoisotopic (exact) mass is 1630 g/mol. The van der Waals surface area contributed by atoms with Gasteiger partial charge in [-0.1, -0.05) is 455 Å². The molecular weight excluding hydrogens is 1540 g/mol. The van der Waals surface area contributed by atoms with Crippen molar-refractivity contribution in [3.8, 4) is 178 Å². The topological polar surface area (TPSA) is 6.48 Å². The minimum absolute atomic E-state index is 1.06. The molecule has 21 aromatic rings. The van der Waals surface area contributed by atoms with Crippen LogP contribution >= 0.6 is 0 Å². The highest BCUT2D eigenvalue weighted by Crippen LogP contribution is 2.47. The Hall–Kier alpha value is -16.8. The molecule has 0 aliphatic rings. The summed E-state index contributed by atoms with van der Waals surface area (Å²) in [5.41, 5.74) is 43.9. The molecule has 2 nitrogen and oxygen atoms in total. The van der Waals surface area contributed by atoms with Gasteiger partial charge >= 0.3 is 0 Å². The zero-order valence-corrected chi connectivity index (χ0v) is 70.7. The Balaban J connectivity index is 0.533. The summed E-state index contributed by atoms with van der Waals surface area (Å²) in [6.45, 7) is 0. The molecule has 0 aliphatic heterocycles. The lowest BCUT2D eigenvalue weighted by Gasteiger charge is -2.27. The summed E-state index contributed by atoms with van der Waals surface area (Å²) in [5.74, 6) is 0. The molecule has 0 aromatic heterocycles. The van der Waals surface area contributed by atoms with Crippen LogP contribution in [0, 0.1) is 0 Å². The summed E-state index contributed by atoms with van der Waals surface area (Å²) in [7, 11) is 0. The van der Waals surface area contributed by atoms with Gasteiger partial charge in [-0.3, -0.25) is 0 Å². The summed E-state index contributed by atoms with van der Waals surface area (Å²) in [5, 5.41) is 0. The fourth-order valence-electron chi connectivity index (χ4n) is 17.9. The average Bonchev–Trinajstić information content (AvgIpc) is 0.775. The quantitative estimate of drug-likeness (QED) is 0.0667. The number of hydrogen-bond acceptors (Lipinski definition) is 2. The Morgan fingerprint density at radius 1 is 0.0781 bits per heavy atom. The zero-order chi connectivity index (χ0) is 85.3. The molecule has 602 valence electrons. The normalized spacial score (nSPS) is 11.1. The van der Waals surface area contributed by atoms with Crippen LogP contribution in [-0.2, 0) is 0 Å². The highest BCUT2D eigenvalue weighted by atomic mass is 15.1. The van der Waals surface area contributed by atoms with E-state index in [0.29, 0.717) is 0 Å². The molecule has 0 radical (unpaired) electrons. The van der Waals surface area contributed by atoms with E-state index in [0.717, 1.165) is 123 Å². The van der Waals surface area contributed by atoms with E-state index in [1.807, 2.05) is 0 Å². The standard InChI is InChI=1S/C126H88N2/c1-7-20-89(21-8-1)93-34-42-98(43-35-93)104-58-62-113(63-59-104)123-84-82-121(87-125(123)111-28-15-5-16-29-111)127(117-74-66-105(67-75-117)100-44-36-94(37-45-100)90-22-9-2-10-23-90)120-80-72-108(73-81-120)103-52-50-97(51-53-103)99-54-56-109(57-55-99)115-32-19-33-116(86-115)110-60-64-114(65-61-110)124-85-83-122(88-126(124)112-30-17-6-18-31-112)128(118-76-68-106(69-77-118)101-46-38-95(39-47-101)91-24-11-3-12-25-91)119-78-70-107(71-79-119)102-48-40-96(41-49-102)92-26-13-4-14-27-92/h1-88H. The Bertz CT molecular complexity index is 7210. The predicted molar refractivity (Wildman–Crippen MR) is 543 cm³/mol. The maximum atomic E-state index is 2.39. The number of anilines is 6. The molecule has 21 rings (SSSR count). The lowest BCUT2D eigenvalue weighted by Crippen LogP contribution is -2.10. The SMILES string of the molecule is c1ccc(-c2ccc(-c3ccc(-c4ccc(N(c5ccc(-c6ccc(-c7ccccc7)cc6)cc5)c5ccc(-c6ccc(-c7ccc(-c8cccc(-c9ccc(-c%10ccc(N(c%11ccc(-c%12ccc(-c%13ccccc%13)cc%12)cc%11)c%11ccc(-c%12ccc(-c%13ccccc%13)cc%12)cc%11)cc%10-c%10ccccc%10)cc9)c8)cc7)cc6)cc5)cc4-c4ccccc4)cc3)cc2)cc1. The number of rotatable bonds is 22. The Labute approximate surface area is 750 Å². The first-order valence-electron chi connectivity index (χ1n) is 44.0. The van der Waals surface area contributed by atoms with Gasteiger partial charge in [0.2, 0.25) is 0 Å². The second-order valence-electron chi connectivity index (χ2n) is 32.7. The number of nitrogens with zero attached hydrogens (tertiary/aromatic N) is 2. The first kappa shape index (κ1) is 78.5. The van der Waals surface area contributed by atoms with Crippen molar-refractivity contribution >= 4 is 34.1 Å². The van der Waals surface area contributed by atoms with Crippen molar-refractivity contribution in [2.45, 2.75) is 0 Å². The Morgan fingerprint density at radius 2 is 0.211 bits per heavy atom. The van der Waals surface area contributed by atoms with Crippen LogP contribution < -0.4 is 9.80 Å². The minimum Gasteiger partial charge on any atom is -0.310 e. The highest BCUT2D eigenvalue weighted by Gasteiger charge is 2.22. The lowest BCUT2D eigenvalue weighted by molar-refractivity contribution is 1.28. The highest BCUT2D eigenvalue weighted by molar-refractivity contribution is 5.94. The third kappa shape index (κ3) is 16.9. The van der Waals surface area contributed by atoms with Crippen LogP contribution in [0.4, 0.5) is 34.1 Å². The number of hydrogen-bond donors (Lipinski definition) is 0. The van der Waals surface area contributed by atoms with Crippen molar-refractivity contribution in [3.05, 3.63) is 534 Å². The molecule has 0 saturated carbocycles. The van der Waals surface area contributed by atoms with Gasteiger partial charge in [0.1, 0.15) is 0 Å². The first-order valence-corrected chi connectivity index (χ1v) is 44.0. The summed E-state index contributed by atoms with van der Waals surface area (Å²) in [6, 6.07) is 195. The van der Waals surface area contributed by atoms with E-state index in [9.17, 15) is 0 Å². The van der Waals surface area contributed by atoms with Gasteiger partial charge in [-0.05, 0) is 257 Å². The molecule has 128 heavy (non-hydrogen) atoms. The van der Waals surface area contributed by atoms with E-state index in [1.54, 1.807) is 0 Å². The van der Waals surface area contributed by atoms with E-state index < -0.39 is 0 Å². The molecule has 0 saturated heterocycles. The molecule has 0 unspecified atom stereocenters. The van der Waals surface area contributed by atoms with Crippen LogP contribution in [0.1, 0.15) is 0 Å². The van der Waals surface area contributed by atoms with E-state index in [1.165, 1.54) is 89.0 Å². The van der Waals surface area contributed by atoms with Crippen LogP contribution in [-0.4, -0.2) is 0 Å². The van der Waals surface area contributed by atoms with Crippen LogP contribution in [0.25, 0.3) is 178 Å². The fraction of sp³-hybridized carbons (Fsp3) is 0. The first-order chi connectivity index (χ1) is 63.4. The van der Waals surface area contributed by atoms with Crippen LogP contribution in [0.5, 0.6) is 0 Å². The Kier molecular flexibility index (Phi) is 22.0. The van der Waals surface area contributed by atoms with Crippen molar-refractivity contribution in [1.82, 2.24) is 0 Å². The maximum absolute atomic E-state index is 2.39. The van der Waals surface area contributed by atoms with Gasteiger partial charge in [-0.2, -0.15) is 0 Å². The van der Waals surface area contributed by atoms with Crippen molar-refractivity contribution in [2.75, 3.05) is 9.80 Å². The molecule has 0 aliphatic carbocycles. The van der Waals surface area contributed by atoms with Crippen LogP contribution in [0.2, 0.25) is 0 Å². The van der Waals surface area contributed by atoms with Gasteiger partial charge in [-0.15, -0.1) is 0 Å². The van der Waals surface area contributed by atoms with Gasteiger partial charge < -0.3 is 9.80 Å². The van der Waals surface area contributed by atoms with Crippen molar-refractivity contribution in [2.24, 2.45) is 0 Å². The minimum atomic E-state index is 1.06. The van der Waals surface area contributed by atoms with E-state index in [4.69, 9.17) is 0 Å². The van der Waals surface area contributed by atoms with Gasteiger partial charge in [0.05, 0.1) is 0 Å². The molecule has 0 atom stereocenters. The van der Waals surface area contributed by atoms with Crippen molar-refractivity contribution < 1.29 is 0 Å². The fourth-order valence-corrected chi connectivity index (χ4v) is 17.9. The third-order valence-corrected chi connectivity index (χ3v) is 24.9. The largest absolute Gasteiger partial charge is 0.310 e. The van der Waals surface area contributed by atoms with Gasteiger partial charge in [0, 0.05) is 34.1 Å². The van der Waals surface area contributed by atoms with Gasteiger partial charge in [0.25, 0.3) is 0 Å². The van der Waals surface area contributed by atoms with E-state index in [2.05, 4.69) is 544 Å². The molecule has 0 fully saturated rings. The molecular formula is C126H88N2. The molecule has 2 heteroatoms. The van der Waals surface area contributed by atoms with Crippen molar-refractivity contribution in [1.29, 1.82) is 0 Å². The van der Waals surface area contributed by atoms with E-state index >= 15 is 0 Å². The second kappa shape index (κ2) is 36.0. The predicted octanol–water partition coefficient (Wildman–Crippen LogP) is 35.3. The number of benzene rings is 21. The smallest absolute Gasteiger partial charge is 0.0468 e. The zero-order valence-electron chi connectivity index (χ0n) is 70.7. The summed E-state index contributed by atoms with van der Waals surface area (Å²) >= 11 is 0. The molecule has 21 aromatic carbocycles. The van der Waals surface area contributed by atoms with Crippen molar-refractivity contribution in [3.63, 3.8) is 0 Å². The molecule has 0 bridgehead atoms. The Morgan fingerprint density at radius 3 is 0.406 bits per heavy atom. The molecule has 0 amide bonds. The molecule has 0 heterocycles. The van der Waals surface area contributed by atoms with Crippen LogP contribution in [0.3, 0.4) is 0 Å². The van der Waals surface area contributed by atoms with Gasteiger partial charge in [0.15, 0.2) is 0 Å². The third-order valence-electron chi connectivity index (χ3n) is 24.9. The summed E-state index contributed by atoms with van der Waals surface area (Å²) < 4.78 is 0. The summed E-state index contributed by atoms with van der Waals surface area (Å²) in [6.07, 6.45) is 0. The lowest BCUT2D eigenvalue weighted by atomic mass is 9.92. The second-order valence-corrected chi connectivity index (χ2v) is 32.7. The van der Waals surface area contributed by atoms with Crippen LogP contribution in [0.15, 0.2) is 534 Å². The molecule has 0 spiro atoms. The summed E-state index contributed by atoms with van der Waals surface area (Å²) in [4.78, 5) is 4.78. The molecule has 0 N–H and O–H groups in total. The average molecular weight is 1630 g/mol. The maximum Gasteiger partial charge on any atom is 0.0468 e. The van der Waals surface area contributed by atoms with Gasteiger partial charge in [-0.25, -0.2) is 0 Å².